The average Bonchev–Trinajstić information content (AvgIpc) is 2.84. The summed E-state index contributed by atoms with van der Waals surface area (Å²) in [7, 11) is 7.19. The Hall–Kier alpha value is -3.71. The molecular formula is C28H32N2O5. The molecule has 7 nitrogen and oxygen atoms in total. The summed E-state index contributed by atoms with van der Waals surface area (Å²) in [4.78, 5) is 17.4. The average molecular weight is 477 g/mol. The van der Waals surface area contributed by atoms with Gasteiger partial charge < -0.3 is 29.1 Å². The molecule has 1 amide bonds. The minimum atomic E-state index is -0.400. The Labute approximate surface area is 206 Å². The number of hydrogen-bond donors (Lipinski definition) is 1. The molecule has 184 valence electrons. The van der Waals surface area contributed by atoms with Crippen LogP contribution < -0.4 is 19.3 Å². The highest BCUT2D eigenvalue weighted by Crippen LogP contribution is 2.44. The zero-order chi connectivity index (χ0) is 25.1. The highest BCUT2D eigenvalue weighted by Gasteiger charge is 2.36. The van der Waals surface area contributed by atoms with E-state index in [1.54, 1.807) is 26.4 Å². The molecule has 0 saturated carbocycles. The van der Waals surface area contributed by atoms with Crippen LogP contribution in [-0.2, 0) is 16.0 Å². The minimum absolute atomic E-state index is 0.0170. The molecular weight excluding hydrogens is 444 g/mol. The summed E-state index contributed by atoms with van der Waals surface area (Å²) >= 11 is 0. The Morgan fingerprint density at radius 3 is 2.31 bits per heavy atom. The summed E-state index contributed by atoms with van der Waals surface area (Å²) in [6.07, 6.45) is 0.0582. The first-order valence-electron chi connectivity index (χ1n) is 11.6. The molecule has 1 aliphatic heterocycles. The number of phenolic OH excluding ortho intramolecular Hbond substituents is 1. The normalized spacial score (nSPS) is 16.0. The van der Waals surface area contributed by atoms with Crippen molar-refractivity contribution in [3.05, 3.63) is 77.4 Å². The largest absolute Gasteiger partial charge is 0.508 e. The third-order valence-electron chi connectivity index (χ3n) is 6.17. The molecule has 0 aliphatic carbocycles. The first kappa shape index (κ1) is 24.4. The van der Waals surface area contributed by atoms with E-state index in [0.29, 0.717) is 18.1 Å². The van der Waals surface area contributed by atoms with Crippen LogP contribution in [0.1, 0.15) is 29.7 Å². The Bertz CT molecular complexity index is 1180. The van der Waals surface area contributed by atoms with E-state index in [0.717, 1.165) is 28.1 Å². The molecule has 0 fully saturated rings. The first-order valence-corrected chi connectivity index (χ1v) is 11.6. The van der Waals surface area contributed by atoms with E-state index in [2.05, 4.69) is 0 Å². The molecule has 0 radical (unpaired) electrons. The number of amides is 1. The van der Waals surface area contributed by atoms with Gasteiger partial charge in [0.05, 0.1) is 26.2 Å². The second-order valence-electron chi connectivity index (χ2n) is 8.93. The van der Waals surface area contributed by atoms with Gasteiger partial charge in [-0.3, -0.25) is 4.79 Å². The van der Waals surface area contributed by atoms with Crippen LogP contribution in [0.4, 0.5) is 11.4 Å². The number of benzene rings is 3. The van der Waals surface area contributed by atoms with Crippen molar-refractivity contribution >= 4 is 17.3 Å². The zero-order valence-electron chi connectivity index (χ0n) is 20.8. The van der Waals surface area contributed by atoms with E-state index in [-0.39, 0.29) is 24.2 Å². The summed E-state index contributed by atoms with van der Waals surface area (Å²) in [6.45, 7) is 2.37. The van der Waals surface area contributed by atoms with Crippen molar-refractivity contribution in [1.82, 2.24) is 0 Å². The number of carbonyl (C=O) groups excluding carboxylic acids is 1. The lowest BCUT2D eigenvalue weighted by molar-refractivity contribution is -0.118. The Morgan fingerprint density at radius 2 is 1.71 bits per heavy atom. The Kier molecular flexibility index (Phi) is 7.17. The van der Waals surface area contributed by atoms with Crippen molar-refractivity contribution in [2.75, 3.05) is 44.7 Å². The van der Waals surface area contributed by atoms with Crippen molar-refractivity contribution in [3.63, 3.8) is 0 Å². The number of aromatic hydroxyl groups is 1. The number of nitrogens with zero attached hydrogens (tertiary/aromatic N) is 2. The van der Waals surface area contributed by atoms with Gasteiger partial charge in [-0.15, -0.1) is 0 Å². The molecule has 4 rings (SSSR count). The van der Waals surface area contributed by atoms with Crippen LogP contribution in [0.15, 0.2) is 60.7 Å². The fourth-order valence-electron chi connectivity index (χ4n) is 4.48. The number of rotatable bonds is 8. The second-order valence-corrected chi connectivity index (χ2v) is 8.93. The molecule has 2 atom stereocenters. The third-order valence-corrected chi connectivity index (χ3v) is 6.17. The molecule has 3 aromatic rings. The molecule has 0 aromatic heterocycles. The van der Waals surface area contributed by atoms with Crippen LogP contribution >= 0.6 is 0 Å². The number of phenols is 1. The number of carbonyl (C=O) groups is 1. The molecule has 35 heavy (non-hydrogen) atoms. The van der Waals surface area contributed by atoms with Gasteiger partial charge in [-0.25, -0.2) is 0 Å². The second kappa shape index (κ2) is 10.3. The van der Waals surface area contributed by atoms with Gasteiger partial charge in [0.15, 0.2) is 11.5 Å². The van der Waals surface area contributed by atoms with Gasteiger partial charge >= 0.3 is 0 Å². The van der Waals surface area contributed by atoms with Crippen molar-refractivity contribution < 1.29 is 24.1 Å². The van der Waals surface area contributed by atoms with E-state index < -0.39 is 6.04 Å². The van der Waals surface area contributed by atoms with Gasteiger partial charge in [-0.2, -0.15) is 0 Å². The summed E-state index contributed by atoms with van der Waals surface area (Å²) < 4.78 is 17.0. The van der Waals surface area contributed by atoms with Crippen molar-refractivity contribution in [2.24, 2.45) is 0 Å². The third kappa shape index (κ3) is 5.05. The van der Waals surface area contributed by atoms with E-state index >= 15 is 0 Å². The lowest BCUT2D eigenvalue weighted by Crippen LogP contribution is -2.41. The molecule has 7 heteroatoms. The fourth-order valence-corrected chi connectivity index (χ4v) is 4.48. The van der Waals surface area contributed by atoms with Gasteiger partial charge in [-0.1, -0.05) is 12.1 Å². The summed E-state index contributed by atoms with van der Waals surface area (Å²) in [5, 5.41) is 9.90. The van der Waals surface area contributed by atoms with Crippen LogP contribution in [0, 0.1) is 0 Å². The van der Waals surface area contributed by atoms with Crippen molar-refractivity contribution in [3.8, 4) is 17.2 Å². The van der Waals surface area contributed by atoms with Gasteiger partial charge in [0.25, 0.3) is 0 Å². The SMILES string of the molecule is COCC(C)Oc1cc2c(cc1OC)CC(=O)N(c1ccc(N(C)C)cc1)C2c1ccc(O)cc1. The van der Waals surface area contributed by atoms with E-state index in [1.807, 2.05) is 79.3 Å². The van der Waals surface area contributed by atoms with Gasteiger partial charge in [0.1, 0.15) is 11.9 Å². The molecule has 3 aromatic carbocycles. The maximum absolute atomic E-state index is 13.6. The fraction of sp³-hybridized carbons (Fsp3) is 0.321. The van der Waals surface area contributed by atoms with Crippen LogP contribution in [0.5, 0.6) is 17.2 Å². The number of hydrogen-bond acceptors (Lipinski definition) is 6. The molecule has 0 spiro atoms. The van der Waals surface area contributed by atoms with E-state index in [1.165, 1.54) is 0 Å². The predicted octanol–water partition coefficient (Wildman–Crippen LogP) is 4.56. The van der Waals surface area contributed by atoms with Crippen LogP contribution in [0.2, 0.25) is 0 Å². The predicted molar refractivity (Wildman–Crippen MR) is 137 cm³/mol. The number of fused-ring (bicyclic) bond motifs is 1. The van der Waals surface area contributed by atoms with Crippen molar-refractivity contribution in [2.45, 2.75) is 25.5 Å². The van der Waals surface area contributed by atoms with Crippen LogP contribution in [0.25, 0.3) is 0 Å². The van der Waals surface area contributed by atoms with Crippen molar-refractivity contribution in [1.29, 1.82) is 0 Å². The van der Waals surface area contributed by atoms with Gasteiger partial charge in [0.2, 0.25) is 5.91 Å². The summed E-state index contributed by atoms with van der Waals surface area (Å²) in [5.74, 6) is 1.33. The van der Waals surface area contributed by atoms with E-state index in [9.17, 15) is 9.90 Å². The maximum atomic E-state index is 13.6. The minimum Gasteiger partial charge on any atom is -0.508 e. The Morgan fingerprint density at radius 1 is 1.03 bits per heavy atom. The molecule has 0 saturated heterocycles. The van der Waals surface area contributed by atoms with Gasteiger partial charge in [-0.05, 0) is 72.1 Å². The van der Waals surface area contributed by atoms with Gasteiger partial charge in [0, 0.05) is 32.6 Å². The maximum Gasteiger partial charge on any atom is 0.232 e. The standard InChI is InChI=1S/C28H32N2O5/c1-18(17-33-4)35-26-16-24-20(14-25(26)34-5)15-27(32)30(22-10-8-21(9-11-22)29(2)3)28(24)19-6-12-23(31)13-7-19/h6-14,16,18,28,31H,15,17H2,1-5H3. The highest BCUT2D eigenvalue weighted by atomic mass is 16.5. The molecule has 2 unspecified atom stereocenters. The Balaban J connectivity index is 1.86. The first-order chi connectivity index (χ1) is 16.8. The zero-order valence-corrected chi connectivity index (χ0v) is 20.8. The van der Waals surface area contributed by atoms with E-state index in [4.69, 9.17) is 14.2 Å². The topological polar surface area (TPSA) is 71.5 Å². The quantitative estimate of drug-likeness (QED) is 0.514. The summed E-state index contributed by atoms with van der Waals surface area (Å²) in [5.41, 5.74) is 4.57. The molecule has 1 aliphatic rings. The smallest absolute Gasteiger partial charge is 0.232 e. The number of anilines is 2. The lowest BCUT2D eigenvalue weighted by Gasteiger charge is -2.38. The molecule has 1 heterocycles. The number of methoxy groups -OCH3 is 2. The highest BCUT2D eigenvalue weighted by molar-refractivity contribution is 5.98. The molecule has 0 bridgehead atoms. The summed E-state index contributed by atoms with van der Waals surface area (Å²) in [6, 6.07) is 18.4. The molecule has 1 N–H and O–H groups in total. The lowest BCUT2D eigenvalue weighted by atomic mass is 9.86. The number of ether oxygens (including phenoxy) is 3. The monoisotopic (exact) mass is 476 g/mol. The van der Waals surface area contributed by atoms with Crippen LogP contribution in [-0.4, -0.2) is 52.0 Å². The van der Waals surface area contributed by atoms with Crippen LogP contribution in [0.3, 0.4) is 0 Å².